The monoisotopic (exact) mass is 280 g/mol. The van der Waals surface area contributed by atoms with E-state index in [1.807, 2.05) is 56.3 Å². The largest absolute Gasteiger partial charge is 0.485 e. The molecule has 0 atom stereocenters. The molecule has 0 saturated carbocycles. The molecule has 2 aromatic carbocycles. The predicted octanol–water partition coefficient (Wildman–Crippen LogP) is 4.31. The molecule has 3 nitrogen and oxygen atoms in total. The zero-order valence-corrected chi connectivity index (χ0v) is 12.1. The van der Waals surface area contributed by atoms with Crippen molar-refractivity contribution in [3.8, 4) is 5.75 Å². The molecule has 3 rings (SSSR count). The van der Waals surface area contributed by atoms with Gasteiger partial charge in [0.2, 0.25) is 5.78 Å². The number of ketones is 1. The van der Waals surface area contributed by atoms with Gasteiger partial charge in [-0.1, -0.05) is 30.3 Å². The van der Waals surface area contributed by atoms with Crippen LogP contribution in [0.3, 0.4) is 0 Å². The molecule has 21 heavy (non-hydrogen) atoms. The van der Waals surface area contributed by atoms with Gasteiger partial charge in [-0.05, 0) is 37.1 Å². The van der Waals surface area contributed by atoms with E-state index in [2.05, 4.69) is 0 Å². The topological polar surface area (TPSA) is 39.4 Å². The minimum absolute atomic E-state index is 0.00776. The number of para-hydroxylation sites is 1. The molecule has 0 fully saturated rings. The van der Waals surface area contributed by atoms with Crippen molar-refractivity contribution in [3.63, 3.8) is 0 Å². The Labute approximate surface area is 123 Å². The molecule has 106 valence electrons. The summed E-state index contributed by atoms with van der Waals surface area (Å²) in [6.45, 7) is 4.02. The molecule has 1 aromatic heterocycles. The summed E-state index contributed by atoms with van der Waals surface area (Å²) in [4.78, 5) is 12.3. The van der Waals surface area contributed by atoms with Crippen molar-refractivity contribution < 1.29 is 13.9 Å². The standard InChI is InChI=1S/C18H16O3/c1-12-6-5-9-17(13(12)2)21-11-16(19)15-10-20-18-8-4-3-7-14(15)18/h3-10H,11H2,1-2H3. The number of furan rings is 1. The average Bonchev–Trinajstić information content (AvgIpc) is 2.92. The maximum absolute atomic E-state index is 12.3. The lowest BCUT2D eigenvalue weighted by Gasteiger charge is -2.09. The number of hydrogen-bond donors (Lipinski definition) is 0. The van der Waals surface area contributed by atoms with Gasteiger partial charge in [0.05, 0.1) is 5.56 Å². The van der Waals surface area contributed by atoms with Crippen LogP contribution in [0, 0.1) is 13.8 Å². The molecular formula is C18H16O3. The van der Waals surface area contributed by atoms with Gasteiger partial charge < -0.3 is 9.15 Å². The van der Waals surface area contributed by atoms with Crippen molar-refractivity contribution in [2.24, 2.45) is 0 Å². The Morgan fingerprint density at radius 2 is 1.90 bits per heavy atom. The van der Waals surface area contributed by atoms with Gasteiger partial charge in [0, 0.05) is 5.39 Å². The summed E-state index contributed by atoms with van der Waals surface area (Å²) in [6.07, 6.45) is 1.50. The Balaban J connectivity index is 1.79. The summed E-state index contributed by atoms with van der Waals surface area (Å²) in [5.41, 5.74) is 3.49. The van der Waals surface area contributed by atoms with Gasteiger partial charge in [-0.3, -0.25) is 4.79 Å². The number of benzene rings is 2. The molecule has 3 heteroatoms. The number of aryl methyl sites for hydroxylation is 1. The molecule has 0 aliphatic carbocycles. The van der Waals surface area contributed by atoms with Gasteiger partial charge in [-0.15, -0.1) is 0 Å². The number of carbonyl (C=O) groups excluding carboxylic acids is 1. The predicted molar refractivity (Wildman–Crippen MR) is 82.0 cm³/mol. The minimum Gasteiger partial charge on any atom is -0.485 e. The van der Waals surface area contributed by atoms with Gasteiger partial charge in [-0.2, -0.15) is 0 Å². The van der Waals surface area contributed by atoms with Crippen molar-refractivity contribution in [2.45, 2.75) is 13.8 Å². The van der Waals surface area contributed by atoms with Crippen LogP contribution in [-0.4, -0.2) is 12.4 Å². The van der Waals surface area contributed by atoms with Gasteiger partial charge in [-0.25, -0.2) is 0 Å². The lowest BCUT2D eigenvalue weighted by Crippen LogP contribution is -2.11. The van der Waals surface area contributed by atoms with Crippen LogP contribution < -0.4 is 4.74 Å². The second kappa shape index (κ2) is 5.44. The van der Waals surface area contributed by atoms with E-state index in [-0.39, 0.29) is 12.4 Å². The molecule has 3 aromatic rings. The Morgan fingerprint density at radius 3 is 2.76 bits per heavy atom. The first kappa shape index (κ1) is 13.4. The Bertz CT molecular complexity index is 799. The molecule has 0 aliphatic heterocycles. The molecule has 0 aliphatic rings. The quantitative estimate of drug-likeness (QED) is 0.668. The summed E-state index contributed by atoms with van der Waals surface area (Å²) in [5.74, 6) is 0.664. The van der Waals surface area contributed by atoms with Crippen molar-refractivity contribution in [1.29, 1.82) is 0 Å². The first-order valence-corrected chi connectivity index (χ1v) is 6.85. The second-order valence-electron chi connectivity index (χ2n) is 5.06. The van der Waals surface area contributed by atoms with Crippen LogP contribution in [-0.2, 0) is 0 Å². The van der Waals surface area contributed by atoms with Crippen molar-refractivity contribution >= 4 is 16.8 Å². The van der Waals surface area contributed by atoms with E-state index in [4.69, 9.17) is 9.15 Å². The van der Waals surface area contributed by atoms with E-state index in [1.165, 1.54) is 6.26 Å². The number of fused-ring (bicyclic) bond motifs is 1. The van der Waals surface area contributed by atoms with Crippen LogP contribution in [0.4, 0.5) is 0 Å². The van der Waals surface area contributed by atoms with E-state index in [9.17, 15) is 4.79 Å². The number of carbonyl (C=O) groups is 1. The van der Waals surface area contributed by atoms with Gasteiger partial charge in [0.15, 0.2) is 6.61 Å². The summed E-state index contributed by atoms with van der Waals surface area (Å²) in [6, 6.07) is 13.3. The van der Waals surface area contributed by atoms with E-state index in [0.29, 0.717) is 11.1 Å². The number of hydrogen-bond acceptors (Lipinski definition) is 3. The van der Waals surface area contributed by atoms with E-state index in [0.717, 1.165) is 22.3 Å². The highest BCUT2D eigenvalue weighted by molar-refractivity contribution is 6.07. The Kier molecular flexibility index (Phi) is 3.48. The maximum atomic E-state index is 12.3. The molecule has 0 radical (unpaired) electrons. The number of ether oxygens (including phenoxy) is 1. The third-order valence-electron chi connectivity index (χ3n) is 3.70. The van der Waals surface area contributed by atoms with E-state index < -0.39 is 0 Å². The fourth-order valence-electron chi connectivity index (χ4n) is 2.30. The number of Topliss-reactive ketones (excluding diaryl/α,β-unsaturated/α-hetero) is 1. The maximum Gasteiger partial charge on any atom is 0.204 e. The summed E-state index contributed by atoms with van der Waals surface area (Å²) < 4.78 is 11.0. The number of rotatable bonds is 4. The highest BCUT2D eigenvalue weighted by Crippen LogP contribution is 2.23. The molecule has 1 heterocycles. The van der Waals surface area contributed by atoms with Crippen molar-refractivity contribution in [1.82, 2.24) is 0 Å². The van der Waals surface area contributed by atoms with Crippen molar-refractivity contribution in [3.05, 3.63) is 65.4 Å². The fourth-order valence-corrected chi connectivity index (χ4v) is 2.30. The smallest absolute Gasteiger partial charge is 0.204 e. The zero-order valence-electron chi connectivity index (χ0n) is 12.1. The molecular weight excluding hydrogens is 264 g/mol. The molecule has 0 saturated heterocycles. The Morgan fingerprint density at radius 1 is 1.10 bits per heavy atom. The zero-order chi connectivity index (χ0) is 14.8. The Hall–Kier alpha value is -2.55. The normalized spacial score (nSPS) is 10.8. The molecule has 0 amide bonds. The third kappa shape index (κ3) is 2.55. The van der Waals surface area contributed by atoms with E-state index in [1.54, 1.807) is 0 Å². The highest BCUT2D eigenvalue weighted by Gasteiger charge is 2.14. The molecule has 0 spiro atoms. The first-order valence-electron chi connectivity index (χ1n) is 6.85. The summed E-state index contributed by atoms with van der Waals surface area (Å²) in [5, 5.41) is 0.826. The van der Waals surface area contributed by atoms with Crippen LogP contribution in [0.25, 0.3) is 11.0 Å². The molecule has 0 N–H and O–H groups in total. The van der Waals surface area contributed by atoms with Gasteiger partial charge >= 0.3 is 0 Å². The molecule has 0 bridgehead atoms. The SMILES string of the molecule is Cc1cccc(OCC(=O)c2coc3ccccc23)c1C. The summed E-state index contributed by atoms with van der Waals surface area (Å²) >= 11 is 0. The van der Waals surface area contributed by atoms with Gasteiger partial charge in [0.25, 0.3) is 0 Å². The third-order valence-corrected chi connectivity index (χ3v) is 3.70. The van der Waals surface area contributed by atoms with Crippen LogP contribution in [0.1, 0.15) is 21.5 Å². The fraction of sp³-hybridized carbons (Fsp3) is 0.167. The first-order chi connectivity index (χ1) is 10.2. The lowest BCUT2D eigenvalue weighted by molar-refractivity contribution is 0.0922. The second-order valence-corrected chi connectivity index (χ2v) is 5.06. The summed E-state index contributed by atoms with van der Waals surface area (Å²) in [7, 11) is 0. The van der Waals surface area contributed by atoms with Crippen LogP contribution >= 0.6 is 0 Å². The lowest BCUT2D eigenvalue weighted by atomic mass is 10.1. The van der Waals surface area contributed by atoms with Crippen LogP contribution in [0.15, 0.2) is 53.1 Å². The molecule has 0 unspecified atom stereocenters. The minimum atomic E-state index is -0.0825. The van der Waals surface area contributed by atoms with Crippen molar-refractivity contribution in [2.75, 3.05) is 6.61 Å². The highest BCUT2D eigenvalue weighted by atomic mass is 16.5. The van der Waals surface area contributed by atoms with E-state index >= 15 is 0 Å². The van der Waals surface area contributed by atoms with Gasteiger partial charge in [0.1, 0.15) is 17.6 Å². The van der Waals surface area contributed by atoms with Crippen LogP contribution in [0.5, 0.6) is 5.75 Å². The average molecular weight is 280 g/mol. The van der Waals surface area contributed by atoms with Crippen LogP contribution in [0.2, 0.25) is 0 Å².